The molecule has 0 radical (unpaired) electrons. The maximum atomic E-state index is 9.64. The highest BCUT2D eigenvalue weighted by Crippen LogP contribution is 2.34. The van der Waals surface area contributed by atoms with Gasteiger partial charge in [0.05, 0.1) is 22.8 Å². The van der Waals surface area contributed by atoms with Gasteiger partial charge in [-0.1, -0.05) is 23.2 Å². The minimum atomic E-state index is -0.220. The van der Waals surface area contributed by atoms with E-state index < -0.39 is 0 Å². The van der Waals surface area contributed by atoms with Crippen molar-refractivity contribution in [3.8, 4) is 5.75 Å². The molecule has 4 heteroatoms. The summed E-state index contributed by atoms with van der Waals surface area (Å²) < 4.78 is 5.49. The van der Waals surface area contributed by atoms with Gasteiger partial charge in [0, 0.05) is 12.5 Å². The fraction of sp³-hybridized carbons (Fsp3) is 0.500. The van der Waals surface area contributed by atoms with Gasteiger partial charge in [0.25, 0.3) is 0 Å². The second-order valence-corrected chi connectivity index (χ2v) is 4.93. The SMILES string of the molecule is OC(CCOc1ccc(Cl)c(Cl)c1)C1CC1. The van der Waals surface area contributed by atoms with E-state index in [0.29, 0.717) is 34.7 Å². The summed E-state index contributed by atoms with van der Waals surface area (Å²) in [6.07, 6.45) is 2.75. The molecule has 2 nitrogen and oxygen atoms in total. The Balaban J connectivity index is 1.78. The van der Waals surface area contributed by atoms with Crippen molar-refractivity contribution in [2.24, 2.45) is 5.92 Å². The van der Waals surface area contributed by atoms with Gasteiger partial charge >= 0.3 is 0 Å². The lowest BCUT2D eigenvalue weighted by Gasteiger charge is -2.10. The Bertz CT molecular complexity index is 364. The van der Waals surface area contributed by atoms with E-state index in [4.69, 9.17) is 27.9 Å². The summed E-state index contributed by atoms with van der Waals surface area (Å²) in [6, 6.07) is 5.17. The van der Waals surface area contributed by atoms with Gasteiger partial charge in [-0.2, -0.15) is 0 Å². The molecule has 1 N–H and O–H groups in total. The van der Waals surface area contributed by atoms with Crippen molar-refractivity contribution < 1.29 is 9.84 Å². The molecular weight excluding hydrogens is 247 g/mol. The second kappa shape index (κ2) is 5.26. The first-order valence-corrected chi connectivity index (χ1v) is 6.18. The zero-order chi connectivity index (χ0) is 11.5. The third kappa shape index (κ3) is 3.27. The Labute approximate surface area is 105 Å². The molecular formula is C12H14Cl2O2. The first-order chi connectivity index (χ1) is 7.66. The molecule has 1 fully saturated rings. The van der Waals surface area contributed by atoms with Crippen LogP contribution < -0.4 is 4.74 Å². The lowest BCUT2D eigenvalue weighted by Crippen LogP contribution is -2.13. The van der Waals surface area contributed by atoms with Crippen molar-refractivity contribution in [3.05, 3.63) is 28.2 Å². The quantitative estimate of drug-likeness (QED) is 0.878. The Morgan fingerprint density at radius 1 is 1.31 bits per heavy atom. The van der Waals surface area contributed by atoms with Gasteiger partial charge in [-0.05, 0) is 30.9 Å². The standard InChI is InChI=1S/C12H14Cl2O2/c13-10-4-3-9(7-11(10)14)16-6-5-12(15)8-1-2-8/h3-4,7-8,12,15H,1-2,5-6H2. The van der Waals surface area contributed by atoms with Gasteiger partial charge in [0.2, 0.25) is 0 Å². The lowest BCUT2D eigenvalue weighted by molar-refractivity contribution is 0.119. The van der Waals surface area contributed by atoms with Crippen LogP contribution in [0.3, 0.4) is 0 Å². The Kier molecular flexibility index (Phi) is 3.95. The maximum absolute atomic E-state index is 9.64. The Hall–Kier alpha value is -0.440. The van der Waals surface area contributed by atoms with Crippen molar-refractivity contribution in [1.29, 1.82) is 0 Å². The van der Waals surface area contributed by atoms with Crippen LogP contribution in [0.2, 0.25) is 10.0 Å². The molecule has 2 rings (SSSR count). The fourth-order valence-electron chi connectivity index (χ4n) is 1.58. The average Bonchev–Trinajstić information content (AvgIpc) is 3.07. The third-order valence-corrected chi connectivity index (χ3v) is 3.48. The van der Waals surface area contributed by atoms with Crippen molar-refractivity contribution >= 4 is 23.2 Å². The van der Waals surface area contributed by atoms with E-state index >= 15 is 0 Å². The van der Waals surface area contributed by atoms with Crippen LogP contribution in [0.15, 0.2) is 18.2 Å². The molecule has 1 aromatic carbocycles. The van der Waals surface area contributed by atoms with Crippen LogP contribution >= 0.6 is 23.2 Å². The van der Waals surface area contributed by atoms with Gasteiger partial charge in [0.1, 0.15) is 5.75 Å². The molecule has 0 bridgehead atoms. The molecule has 0 saturated heterocycles. The topological polar surface area (TPSA) is 29.5 Å². The zero-order valence-electron chi connectivity index (χ0n) is 8.83. The highest BCUT2D eigenvalue weighted by atomic mass is 35.5. The predicted molar refractivity (Wildman–Crippen MR) is 65.3 cm³/mol. The smallest absolute Gasteiger partial charge is 0.120 e. The lowest BCUT2D eigenvalue weighted by atomic mass is 10.2. The molecule has 0 amide bonds. The number of hydrogen-bond acceptors (Lipinski definition) is 2. The molecule has 1 saturated carbocycles. The van der Waals surface area contributed by atoms with Crippen molar-refractivity contribution in [2.45, 2.75) is 25.4 Å². The van der Waals surface area contributed by atoms with Crippen molar-refractivity contribution in [1.82, 2.24) is 0 Å². The number of benzene rings is 1. The summed E-state index contributed by atoms with van der Waals surface area (Å²) in [5, 5.41) is 10.6. The van der Waals surface area contributed by atoms with Gasteiger partial charge in [-0.25, -0.2) is 0 Å². The van der Waals surface area contributed by atoms with Crippen LogP contribution in [0, 0.1) is 5.92 Å². The monoisotopic (exact) mass is 260 g/mol. The molecule has 1 unspecified atom stereocenters. The first kappa shape index (κ1) is 12.0. The number of halogens is 2. The largest absolute Gasteiger partial charge is 0.493 e. The molecule has 0 aliphatic heterocycles. The molecule has 1 aliphatic carbocycles. The van der Waals surface area contributed by atoms with Crippen LogP contribution in [-0.2, 0) is 0 Å². The van der Waals surface area contributed by atoms with Crippen LogP contribution in [0.5, 0.6) is 5.75 Å². The molecule has 1 aliphatic rings. The highest BCUT2D eigenvalue weighted by Gasteiger charge is 2.29. The van der Waals surface area contributed by atoms with Gasteiger partial charge in [-0.15, -0.1) is 0 Å². The van der Waals surface area contributed by atoms with E-state index in [-0.39, 0.29) is 6.10 Å². The van der Waals surface area contributed by atoms with E-state index in [0.717, 1.165) is 12.8 Å². The van der Waals surface area contributed by atoms with Crippen LogP contribution in [0.1, 0.15) is 19.3 Å². The Morgan fingerprint density at radius 2 is 2.06 bits per heavy atom. The minimum Gasteiger partial charge on any atom is -0.493 e. The highest BCUT2D eigenvalue weighted by molar-refractivity contribution is 6.42. The van der Waals surface area contributed by atoms with Crippen LogP contribution in [-0.4, -0.2) is 17.8 Å². The van der Waals surface area contributed by atoms with Crippen LogP contribution in [0.4, 0.5) is 0 Å². The zero-order valence-corrected chi connectivity index (χ0v) is 10.3. The summed E-state index contributed by atoms with van der Waals surface area (Å²) in [5.74, 6) is 1.19. The van der Waals surface area contributed by atoms with Gasteiger partial charge in [-0.3, -0.25) is 0 Å². The molecule has 1 aromatic rings. The normalized spacial score (nSPS) is 17.2. The number of ether oxygens (including phenoxy) is 1. The number of hydrogen-bond donors (Lipinski definition) is 1. The summed E-state index contributed by atoms with van der Waals surface area (Å²) >= 11 is 11.6. The summed E-state index contributed by atoms with van der Waals surface area (Å²) in [5.41, 5.74) is 0. The van der Waals surface area contributed by atoms with Crippen molar-refractivity contribution in [2.75, 3.05) is 6.61 Å². The molecule has 0 heterocycles. The average molecular weight is 261 g/mol. The molecule has 1 atom stereocenters. The summed E-state index contributed by atoms with van der Waals surface area (Å²) in [4.78, 5) is 0. The number of rotatable bonds is 5. The van der Waals surface area contributed by atoms with Crippen molar-refractivity contribution in [3.63, 3.8) is 0 Å². The van der Waals surface area contributed by atoms with E-state index in [1.807, 2.05) is 0 Å². The van der Waals surface area contributed by atoms with E-state index in [2.05, 4.69) is 0 Å². The molecule has 0 aromatic heterocycles. The Morgan fingerprint density at radius 3 is 2.69 bits per heavy atom. The fourth-order valence-corrected chi connectivity index (χ4v) is 1.87. The van der Waals surface area contributed by atoms with Crippen LogP contribution in [0.25, 0.3) is 0 Å². The molecule has 0 spiro atoms. The molecule has 88 valence electrons. The predicted octanol–water partition coefficient (Wildman–Crippen LogP) is 3.53. The van der Waals surface area contributed by atoms with E-state index in [9.17, 15) is 5.11 Å². The van der Waals surface area contributed by atoms with E-state index in [1.165, 1.54) is 0 Å². The number of aliphatic hydroxyl groups excluding tert-OH is 1. The summed E-state index contributed by atoms with van der Waals surface area (Å²) in [7, 11) is 0. The third-order valence-electron chi connectivity index (χ3n) is 2.74. The van der Waals surface area contributed by atoms with Gasteiger partial charge in [0.15, 0.2) is 0 Å². The summed E-state index contributed by atoms with van der Waals surface area (Å²) in [6.45, 7) is 0.510. The second-order valence-electron chi connectivity index (χ2n) is 4.12. The number of aliphatic hydroxyl groups is 1. The maximum Gasteiger partial charge on any atom is 0.120 e. The van der Waals surface area contributed by atoms with E-state index in [1.54, 1.807) is 18.2 Å². The van der Waals surface area contributed by atoms with Gasteiger partial charge < -0.3 is 9.84 Å². The molecule has 16 heavy (non-hydrogen) atoms. The first-order valence-electron chi connectivity index (χ1n) is 5.43. The minimum absolute atomic E-state index is 0.220.